The lowest BCUT2D eigenvalue weighted by Gasteiger charge is -2.04. The van der Waals surface area contributed by atoms with Crippen LogP contribution in [0.15, 0.2) is 38.6 Å². The summed E-state index contributed by atoms with van der Waals surface area (Å²) in [4.78, 5) is 25.8. The molecule has 0 saturated carbocycles. The minimum Gasteiger partial charge on any atom is -0.465 e. The Morgan fingerprint density at radius 1 is 1.44 bits per heavy atom. The van der Waals surface area contributed by atoms with Crippen LogP contribution in [-0.2, 0) is 4.74 Å². The van der Waals surface area contributed by atoms with E-state index >= 15 is 0 Å². The second-order valence-electron chi connectivity index (χ2n) is 3.29. The van der Waals surface area contributed by atoms with E-state index in [-0.39, 0.29) is 11.3 Å². The molecule has 2 aromatic rings. The summed E-state index contributed by atoms with van der Waals surface area (Å²) >= 11 is 0. The van der Waals surface area contributed by atoms with Gasteiger partial charge in [-0.1, -0.05) is 23.3 Å². The van der Waals surface area contributed by atoms with E-state index in [9.17, 15) is 9.59 Å². The molecule has 1 aromatic carbocycles. The lowest BCUT2D eigenvalue weighted by molar-refractivity contribution is 0.0597. The van der Waals surface area contributed by atoms with Crippen molar-refractivity contribution in [1.82, 2.24) is 0 Å². The SMILES string of the molecule is COC(=O)c1c(N=[N+]=[N-])c2ccccc2oc1=O. The molecule has 18 heavy (non-hydrogen) atoms. The Morgan fingerprint density at radius 3 is 2.83 bits per heavy atom. The van der Waals surface area contributed by atoms with Crippen LogP contribution in [0.25, 0.3) is 21.4 Å². The molecule has 90 valence electrons. The summed E-state index contributed by atoms with van der Waals surface area (Å²) in [6, 6.07) is 6.44. The molecule has 0 radical (unpaired) electrons. The average molecular weight is 245 g/mol. The van der Waals surface area contributed by atoms with Gasteiger partial charge in [0, 0.05) is 10.3 Å². The Hall–Kier alpha value is -2.79. The lowest BCUT2D eigenvalue weighted by atomic mass is 10.1. The smallest absolute Gasteiger partial charge is 0.351 e. The highest BCUT2D eigenvalue weighted by Crippen LogP contribution is 2.28. The van der Waals surface area contributed by atoms with Gasteiger partial charge in [0.05, 0.1) is 12.8 Å². The molecule has 1 aromatic heterocycles. The number of carbonyl (C=O) groups excluding carboxylic acids is 1. The largest absolute Gasteiger partial charge is 0.465 e. The van der Waals surface area contributed by atoms with E-state index in [1.165, 1.54) is 6.07 Å². The topological polar surface area (TPSA) is 105 Å². The standard InChI is InChI=1S/C11H7N3O4/c1-17-10(15)8-9(13-14-12)6-4-2-3-5-7(6)18-11(8)16/h2-5H,1H3. The zero-order valence-electron chi connectivity index (χ0n) is 9.28. The molecule has 0 saturated heterocycles. The van der Waals surface area contributed by atoms with Crippen molar-refractivity contribution in [2.45, 2.75) is 0 Å². The molecule has 0 N–H and O–H groups in total. The Morgan fingerprint density at radius 2 is 2.17 bits per heavy atom. The first-order chi connectivity index (χ1) is 8.69. The van der Waals surface area contributed by atoms with E-state index in [1.807, 2.05) is 0 Å². The number of para-hydroxylation sites is 1. The fourth-order valence-electron chi connectivity index (χ4n) is 1.56. The molecule has 0 amide bonds. The van der Waals surface area contributed by atoms with Gasteiger partial charge in [-0.3, -0.25) is 0 Å². The summed E-state index contributed by atoms with van der Waals surface area (Å²) in [5, 5.41) is 3.76. The van der Waals surface area contributed by atoms with Gasteiger partial charge in [-0.15, -0.1) is 0 Å². The number of nitrogens with zero attached hydrogens (tertiary/aromatic N) is 3. The summed E-state index contributed by atoms with van der Waals surface area (Å²) < 4.78 is 9.43. The molecular formula is C11H7N3O4. The van der Waals surface area contributed by atoms with Crippen LogP contribution in [0.5, 0.6) is 0 Å². The highest BCUT2D eigenvalue weighted by molar-refractivity contribution is 6.02. The van der Waals surface area contributed by atoms with E-state index in [2.05, 4.69) is 14.8 Å². The maximum Gasteiger partial charge on any atom is 0.351 e. The molecule has 0 bridgehead atoms. The molecule has 0 unspecified atom stereocenters. The van der Waals surface area contributed by atoms with Crippen LogP contribution in [0.2, 0.25) is 0 Å². The molecule has 0 spiro atoms. The minimum atomic E-state index is -0.906. The number of carbonyl (C=O) groups is 1. The van der Waals surface area contributed by atoms with Crippen molar-refractivity contribution >= 4 is 22.6 Å². The fraction of sp³-hybridized carbons (Fsp3) is 0.0909. The third-order valence-electron chi connectivity index (χ3n) is 2.32. The van der Waals surface area contributed by atoms with Gasteiger partial charge < -0.3 is 9.15 Å². The van der Waals surface area contributed by atoms with Crippen LogP contribution in [0.4, 0.5) is 5.69 Å². The van der Waals surface area contributed by atoms with Gasteiger partial charge in [-0.2, -0.15) is 0 Å². The van der Waals surface area contributed by atoms with Crippen molar-refractivity contribution in [1.29, 1.82) is 0 Å². The summed E-state index contributed by atoms with van der Waals surface area (Å²) in [7, 11) is 1.12. The van der Waals surface area contributed by atoms with Crippen LogP contribution in [-0.4, -0.2) is 13.1 Å². The third kappa shape index (κ3) is 1.79. The Labute approximate surface area is 100 Å². The highest BCUT2D eigenvalue weighted by Gasteiger charge is 2.20. The molecule has 7 heteroatoms. The quantitative estimate of drug-likeness (QED) is 0.266. The van der Waals surface area contributed by atoms with Crippen molar-refractivity contribution in [2.24, 2.45) is 5.11 Å². The first-order valence-corrected chi connectivity index (χ1v) is 4.88. The number of esters is 1. The second kappa shape index (κ2) is 4.60. The molecule has 0 fully saturated rings. The van der Waals surface area contributed by atoms with E-state index in [4.69, 9.17) is 9.95 Å². The van der Waals surface area contributed by atoms with Gasteiger partial charge in [0.1, 0.15) is 5.58 Å². The first kappa shape index (κ1) is 11.7. The Kier molecular flexibility index (Phi) is 2.99. The van der Waals surface area contributed by atoms with Gasteiger partial charge in [0.15, 0.2) is 5.56 Å². The van der Waals surface area contributed by atoms with Crippen molar-refractivity contribution in [3.05, 3.63) is 50.7 Å². The van der Waals surface area contributed by atoms with Gasteiger partial charge in [-0.25, -0.2) is 9.59 Å². The molecule has 7 nitrogen and oxygen atoms in total. The maximum absolute atomic E-state index is 11.7. The van der Waals surface area contributed by atoms with Gasteiger partial charge in [-0.05, 0) is 11.6 Å². The van der Waals surface area contributed by atoms with Crippen LogP contribution in [0, 0.1) is 0 Å². The van der Waals surface area contributed by atoms with Gasteiger partial charge >= 0.3 is 11.6 Å². The molecule has 1 heterocycles. The molecule has 0 aliphatic heterocycles. The second-order valence-corrected chi connectivity index (χ2v) is 3.29. The van der Waals surface area contributed by atoms with E-state index in [1.54, 1.807) is 18.2 Å². The summed E-state index contributed by atoms with van der Waals surface area (Å²) in [5.74, 6) is -0.906. The average Bonchev–Trinajstić information content (AvgIpc) is 2.38. The predicted molar refractivity (Wildman–Crippen MR) is 62.6 cm³/mol. The minimum absolute atomic E-state index is 0.0869. The molecular weight excluding hydrogens is 238 g/mol. The van der Waals surface area contributed by atoms with Crippen LogP contribution >= 0.6 is 0 Å². The van der Waals surface area contributed by atoms with Crippen LogP contribution < -0.4 is 5.63 Å². The van der Waals surface area contributed by atoms with E-state index < -0.39 is 17.2 Å². The molecule has 2 rings (SSSR count). The Bertz CT molecular complexity index is 729. The zero-order valence-corrected chi connectivity index (χ0v) is 9.28. The molecule has 0 aliphatic rings. The van der Waals surface area contributed by atoms with Crippen LogP contribution in [0.3, 0.4) is 0 Å². The highest BCUT2D eigenvalue weighted by atomic mass is 16.5. The van der Waals surface area contributed by atoms with E-state index in [0.29, 0.717) is 5.39 Å². The number of methoxy groups -OCH3 is 1. The van der Waals surface area contributed by atoms with E-state index in [0.717, 1.165) is 7.11 Å². The summed E-state index contributed by atoms with van der Waals surface area (Å²) in [5.41, 5.74) is 7.36. The number of azide groups is 1. The lowest BCUT2D eigenvalue weighted by Crippen LogP contribution is -2.15. The third-order valence-corrected chi connectivity index (χ3v) is 2.32. The van der Waals surface area contributed by atoms with Crippen molar-refractivity contribution in [2.75, 3.05) is 7.11 Å². The zero-order chi connectivity index (χ0) is 13.1. The van der Waals surface area contributed by atoms with Crippen molar-refractivity contribution < 1.29 is 13.9 Å². The van der Waals surface area contributed by atoms with Crippen molar-refractivity contribution in [3.8, 4) is 0 Å². The van der Waals surface area contributed by atoms with Crippen LogP contribution in [0.1, 0.15) is 10.4 Å². The normalized spacial score (nSPS) is 9.83. The van der Waals surface area contributed by atoms with Crippen molar-refractivity contribution in [3.63, 3.8) is 0 Å². The number of hydrogen-bond donors (Lipinski definition) is 0. The predicted octanol–water partition coefficient (Wildman–Crippen LogP) is 2.52. The fourth-order valence-corrected chi connectivity index (χ4v) is 1.56. The van der Waals surface area contributed by atoms with Gasteiger partial charge in [0.2, 0.25) is 0 Å². The Balaban J connectivity index is 2.96. The number of fused-ring (bicyclic) bond motifs is 1. The maximum atomic E-state index is 11.7. The summed E-state index contributed by atoms with van der Waals surface area (Å²) in [6.07, 6.45) is 0. The number of ether oxygens (including phenoxy) is 1. The van der Waals surface area contributed by atoms with Gasteiger partial charge in [0.25, 0.3) is 0 Å². The number of benzene rings is 1. The number of rotatable bonds is 2. The molecule has 0 atom stereocenters. The first-order valence-electron chi connectivity index (χ1n) is 4.88. The molecule has 0 aliphatic carbocycles. The number of hydrogen-bond acceptors (Lipinski definition) is 5. The summed E-state index contributed by atoms with van der Waals surface area (Å²) in [6.45, 7) is 0. The monoisotopic (exact) mass is 245 g/mol.